The van der Waals surface area contributed by atoms with Gasteiger partial charge < -0.3 is 19.9 Å². The van der Waals surface area contributed by atoms with Gasteiger partial charge in [0, 0.05) is 12.7 Å². The van der Waals surface area contributed by atoms with E-state index in [0.717, 1.165) is 0 Å². The summed E-state index contributed by atoms with van der Waals surface area (Å²) in [6, 6.07) is 4.91. The van der Waals surface area contributed by atoms with E-state index < -0.39 is 17.4 Å². The molecule has 1 saturated heterocycles. The molecule has 22 heavy (non-hydrogen) atoms. The minimum atomic E-state index is -0.976. The Balaban J connectivity index is 2.12. The molecule has 7 nitrogen and oxygen atoms in total. The van der Waals surface area contributed by atoms with Gasteiger partial charge >= 0.3 is 5.97 Å². The van der Waals surface area contributed by atoms with Crippen LogP contribution in [0.1, 0.15) is 37.2 Å². The second-order valence-corrected chi connectivity index (χ2v) is 5.64. The zero-order chi connectivity index (χ0) is 16.2. The van der Waals surface area contributed by atoms with E-state index in [1.54, 1.807) is 18.2 Å². The summed E-state index contributed by atoms with van der Waals surface area (Å²) in [5.41, 5.74) is -0.686. The first-order valence-corrected chi connectivity index (χ1v) is 7.16. The molecule has 7 heteroatoms. The Hall–Kier alpha value is -2.15. The smallest absolute Gasteiger partial charge is 0.305 e. The molecule has 2 N–H and O–H groups in total. The lowest BCUT2D eigenvalue weighted by atomic mass is 9.94. The molecular weight excluding hydrogens is 288 g/mol. The van der Waals surface area contributed by atoms with Crippen LogP contribution in [0.5, 0.6) is 5.88 Å². The number of ether oxygens (including phenoxy) is 2. The molecule has 120 valence electrons. The van der Waals surface area contributed by atoms with Gasteiger partial charge in [0.15, 0.2) is 0 Å². The maximum atomic E-state index is 12.3. The molecule has 1 fully saturated rings. The van der Waals surface area contributed by atoms with Gasteiger partial charge in [-0.1, -0.05) is 6.07 Å². The van der Waals surface area contributed by atoms with Gasteiger partial charge in [-0.25, -0.2) is 4.98 Å². The Bertz CT molecular complexity index is 553. The van der Waals surface area contributed by atoms with Crippen molar-refractivity contribution in [1.29, 1.82) is 0 Å². The number of hydrogen-bond acceptors (Lipinski definition) is 5. The molecule has 0 bridgehead atoms. The van der Waals surface area contributed by atoms with Crippen LogP contribution >= 0.6 is 0 Å². The number of rotatable bonds is 6. The molecule has 1 aliphatic heterocycles. The summed E-state index contributed by atoms with van der Waals surface area (Å²) < 4.78 is 10.7. The van der Waals surface area contributed by atoms with Crippen LogP contribution in [0.4, 0.5) is 0 Å². The number of aliphatic carboxylic acids is 1. The quantitative estimate of drug-likeness (QED) is 0.820. The monoisotopic (exact) mass is 308 g/mol. The van der Waals surface area contributed by atoms with Crippen molar-refractivity contribution in [2.24, 2.45) is 0 Å². The van der Waals surface area contributed by atoms with E-state index in [9.17, 15) is 9.59 Å². The molecular formula is C15H20N2O5. The van der Waals surface area contributed by atoms with Crippen LogP contribution in [0.3, 0.4) is 0 Å². The van der Waals surface area contributed by atoms with E-state index in [4.69, 9.17) is 14.6 Å². The molecule has 1 unspecified atom stereocenters. The van der Waals surface area contributed by atoms with Crippen molar-refractivity contribution in [1.82, 2.24) is 10.3 Å². The van der Waals surface area contributed by atoms with Crippen LogP contribution in [0, 0.1) is 0 Å². The fourth-order valence-electron chi connectivity index (χ4n) is 2.33. The SMILES string of the molecule is CC(C)Oc1cccc(C(=O)NC2(CC(=O)O)CCOC2)n1. The van der Waals surface area contributed by atoms with Gasteiger partial charge in [-0.3, -0.25) is 9.59 Å². The molecule has 1 aromatic rings. The maximum absolute atomic E-state index is 12.3. The van der Waals surface area contributed by atoms with Crippen molar-refractivity contribution in [2.75, 3.05) is 13.2 Å². The highest BCUT2D eigenvalue weighted by Gasteiger charge is 2.39. The Morgan fingerprint density at radius 1 is 1.50 bits per heavy atom. The number of aromatic nitrogens is 1. The highest BCUT2D eigenvalue weighted by Crippen LogP contribution is 2.23. The van der Waals surface area contributed by atoms with E-state index in [0.29, 0.717) is 18.9 Å². The number of hydrogen-bond donors (Lipinski definition) is 2. The van der Waals surface area contributed by atoms with Crippen LogP contribution in [0.2, 0.25) is 0 Å². The van der Waals surface area contributed by atoms with E-state index in [1.165, 1.54) is 0 Å². The van der Waals surface area contributed by atoms with Gasteiger partial charge in [0.2, 0.25) is 5.88 Å². The van der Waals surface area contributed by atoms with Gasteiger partial charge in [-0.15, -0.1) is 0 Å². The maximum Gasteiger partial charge on any atom is 0.305 e. The Morgan fingerprint density at radius 3 is 2.86 bits per heavy atom. The summed E-state index contributed by atoms with van der Waals surface area (Å²) in [6.07, 6.45) is 0.237. The zero-order valence-corrected chi connectivity index (χ0v) is 12.7. The molecule has 0 saturated carbocycles. The third-order valence-corrected chi connectivity index (χ3v) is 3.28. The summed E-state index contributed by atoms with van der Waals surface area (Å²) in [6.45, 7) is 4.35. The molecule has 1 amide bonds. The molecule has 0 radical (unpaired) electrons. The average molecular weight is 308 g/mol. The van der Waals surface area contributed by atoms with Crippen LogP contribution in [-0.2, 0) is 9.53 Å². The number of carboxylic acid groups (broad SMARTS) is 1. The molecule has 1 aromatic heterocycles. The lowest BCUT2D eigenvalue weighted by Gasteiger charge is -2.26. The molecule has 2 heterocycles. The van der Waals surface area contributed by atoms with Crippen molar-refractivity contribution >= 4 is 11.9 Å². The van der Waals surface area contributed by atoms with Crippen LogP contribution in [0.25, 0.3) is 0 Å². The Kier molecular flexibility index (Phi) is 4.97. The number of carboxylic acids is 1. The average Bonchev–Trinajstić information content (AvgIpc) is 2.85. The van der Waals surface area contributed by atoms with Gasteiger partial charge in [0.05, 0.1) is 24.7 Å². The van der Waals surface area contributed by atoms with Crippen molar-refractivity contribution in [3.05, 3.63) is 23.9 Å². The third kappa shape index (κ3) is 4.17. The van der Waals surface area contributed by atoms with Crippen LogP contribution in [0.15, 0.2) is 18.2 Å². The summed E-state index contributed by atoms with van der Waals surface area (Å²) in [5, 5.41) is 11.8. The first kappa shape index (κ1) is 16.2. The van der Waals surface area contributed by atoms with Crippen molar-refractivity contribution in [3.8, 4) is 5.88 Å². The summed E-state index contributed by atoms with van der Waals surface area (Å²) in [5.74, 6) is -1.05. The topological polar surface area (TPSA) is 97.8 Å². The fourth-order valence-corrected chi connectivity index (χ4v) is 2.33. The van der Waals surface area contributed by atoms with Crippen LogP contribution < -0.4 is 10.1 Å². The molecule has 0 aromatic carbocycles. The normalized spacial score (nSPS) is 20.9. The van der Waals surface area contributed by atoms with Gasteiger partial charge in [-0.2, -0.15) is 0 Å². The first-order chi connectivity index (χ1) is 10.4. The number of carbonyl (C=O) groups excluding carboxylic acids is 1. The summed E-state index contributed by atoms with van der Waals surface area (Å²) >= 11 is 0. The molecule has 1 atom stereocenters. The number of nitrogens with one attached hydrogen (secondary N) is 1. The van der Waals surface area contributed by atoms with Crippen molar-refractivity contribution in [2.45, 2.75) is 38.3 Å². The summed E-state index contributed by atoms with van der Waals surface area (Å²) in [7, 11) is 0. The van der Waals surface area contributed by atoms with Crippen molar-refractivity contribution < 1.29 is 24.2 Å². The third-order valence-electron chi connectivity index (χ3n) is 3.28. The number of pyridine rings is 1. The Morgan fingerprint density at radius 2 is 2.27 bits per heavy atom. The van der Waals surface area contributed by atoms with Crippen molar-refractivity contribution in [3.63, 3.8) is 0 Å². The van der Waals surface area contributed by atoms with Gasteiger partial charge in [0.1, 0.15) is 5.69 Å². The minimum Gasteiger partial charge on any atom is -0.481 e. The molecule has 2 rings (SSSR count). The minimum absolute atomic E-state index is 0.0487. The lowest BCUT2D eigenvalue weighted by molar-refractivity contribution is -0.138. The number of carbonyl (C=O) groups is 2. The number of nitrogens with zero attached hydrogens (tertiary/aromatic N) is 1. The predicted octanol–water partition coefficient (Wildman–Crippen LogP) is 1.23. The summed E-state index contributed by atoms with van der Waals surface area (Å²) in [4.78, 5) is 27.5. The molecule has 1 aliphatic rings. The van der Waals surface area contributed by atoms with E-state index >= 15 is 0 Å². The standard InChI is InChI=1S/C15H20N2O5/c1-10(2)22-12-5-3-4-11(16-12)14(20)17-15(8-13(18)19)6-7-21-9-15/h3-5,10H,6-9H2,1-2H3,(H,17,20)(H,18,19). The largest absolute Gasteiger partial charge is 0.481 e. The van der Waals surface area contributed by atoms with Gasteiger partial charge in [0.25, 0.3) is 5.91 Å². The highest BCUT2D eigenvalue weighted by molar-refractivity contribution is 5.93. The second-order valence-electron chi connectivity index (χ2n) is 5.64. The molecule has 0 spiro atoms. The van der Waals surface area contributed by atoms with Gasteiger partial charge in [-0.05, 0) is 26.3 Å². The zero-order valence-electron chi connectivity index (χ0n) is 12.7. The first-order valence-electron chi connectivity index (χ1n) is 7.16. The Labute approximate surface area is 128 Å². The predicted molar refractivity (Wildman–Crippen MR) is 77.9 cm³/mol. The lowest BCUT2D eigenvalue weighted by Crippen LogP contribution is -2.50. The van der Waals surface area contributed by atoms with E-state index in [1.807, 2.05) is 13.8 Å². The van der Waals surface area contributed by atoms with E-state index in [2.05, 4.69) is 10.3 Å². The number of amides is 1. The molecule has 0 aliphatic carbocycles. The van der Waals surface area contributed by atoms with Crippen LogP contribution in [-0.4, -0.2) is 46.8 Å². The van der Waals surface area contributed by atoms with E-state index in [-0.39, 0.29) is 24.8 Å². The fraction of sp³-hybridized carbons (Fsp3) is 0.533. The highest BCUT2D eigenvalue weighted by atomic mass is 16.5. The second kappa shape index (κ2) is 6.74.